The summed E-state index contributed by atoms with van der Waals surface area (Å²) in [7, 11) is 1.56. The monoisotopic (exact) mass is 221 g/mol. The normalized spacial score (nSPS) is 11.9. The molecular weight excluding hydrogens is 206 g/mol. The van der Waals surface area contributed by atoms with Crippen LogP contribution in [0.1, 0.15) is 17.2 Å². The maximum atomic E-state index is 8.30. The molecule has 1 atom stereocenters. The summed E-state index contributed by atoms with van der Waals surface area (Å²) in [6, 6.07) is 7.91. The van der Waals surface area contributed by atoms with Gasteiger partial charge in [0.2, 0.25) is 0 Å². The van der Waals surface area contributed by atoms with Crippen LogP contribution >= 0.6 is 0 Å². The van der Waals surface area contributed by atoms with Crippen molar-refractivity contribution in [2.45, 2.75) is 13.0 Å². The van der Waals surface area contributed by atoms with Crippen LogP contribution in [-0.4, -0.2) is 20.4 Å². The highest BCUT2D eigenvalue weighted by Crippen LogP contribution is 2.18. The van der Waals surface area contributed by atoms with Crippen molar-refractivity contribution in [2.24, 2.45) is 5.11 Å². The number of nitrogens with zero attached hydrogens (tertiary/aromatic N) is 3. The maximum absolute atomic E-state index is 8.30. The lowest BCUT2D eigenvalue weighted by Crippen LogP contribution is -2.09. The molecule has 0 fully saturated rings. The summed E-state index contributed by atoms with van der Waals surface area (Å²) >= 11 is 0. The number of benzene rings is 1. The quantitative estimate of drug-likeness (QED) is 0.321. The van der Waals surface area contributed by atoms with Crippen molar-refractivity contribution in [1.82, 2.24) is 0 Å². The van der Waals surface area contributed by atoms with Crippen LogP contribution in [0, 0.1) is 6.92 Å². The fourth-order valence-corrected chi connectivity index (χ4v) is 1.30. The van der Waals surface area contributed by atoms with E-state index < -0.39 is 0 Å². The molecule has 0 bridgehead atoms. The van der Waals surface area contributed by atoms with Gasteiger partial charge in [-0.15, -0.1) is 0 Å². The van der Waals surface area contributed by atoms with Crippen molar-refractivity contribution in [1.29, 1.82) is 0 Å². The SMILES string of the molecule is COCO[C@H](CN=[N+]=[N-])c1ccc(C)cc1. The lowest BCUT2D eigenvalue weighted by Gasteiger charge is -2.15. The van der Waals surface area contributed by atoms with Crippen molar-refractivity contribution >= 4 is 0 Å². The third-order valence-electron chi connectivity index (χ3n) is 2.15. The van der Waals surface area contributed by atoms with Crippen LogP contribution < -0.4 is 0 Å². The molecular formula is C11H15N3O2. The third kappa shape index (κ3) is 3.90. The van der Waals surface area contributed by atoms with Gasteiger partial charge in [0.1, 0.15) is 6.79 Å². The first kappa shape index (κ1) is 12.5. The van der Waals surface area contributed by atoms with E-state index in [9.17, 15) is 0 Å². The molecule has 0 unspecified atom stereocenters. The van der Waals surface area contributed by atoms with Gasteiger partial charge in [0, 0.05) is 12.0 Å². The van der Waals surface area contributed by atoms with Gasteiger partial charge in [0.25, 0.3) is 0 Å². The zero-order valence-corrected chi connectivity index (χ0v) is 9.46. The molecule has 1 aromatic rings. The van der Waals surface area contributed by atoms with Gasteiger partial charge >= 0.3 is 0 Å². The predicted octanol–water partition coefficient (Wildman–Crippen LogP) is 2.97. The van der Waals surface area contributed by atoms with E-state index in [2.05, 4.69) is 10.0 Å². The summed E-state index contributed by atoms with van der Waals surface area (Å²) in [6.07, 6.45) is -0.253. The Labute approximate surface area is 94.6 Å². The van der Waals surface area contributed by atoms with E-state index in [-0.39, 0.29) is 19.4 Å². The Balaban J connectivity index is 2.73. The number of ether oxygens (including phenoxy) is 2. The van der Waals surface area contributed by atoms with Gasteiger partial charge in [0.15, 0.2) is 0 Å². The molecule has 0 radical (unpaired) electrons. The van der Waals surface area contributed by atoms with Crippen molar-refractivity contribution in [3.63, 3.8) is 0 Å². The summed E-state index contributed by atoms with van der Waals surface area (Å²) in [5, 5.41) is 3.52. The highest BCUT2D eigenvalue weighted by atomic mass is 16.7. The summed E-state index contributed by atoms with van der Waals surface area (Å²) in [5.41, 5.74) is 10.5. The van der Waals surface area contributed by atoms with Gasteiger partial charge in [-0.3, -0.25) is 0 Å². The highest BCUT2D eigenvalue weighted by molar-refractivity contribution is 5.23. The van der Waals surface area contributed by atoms with E-state index in [1.165, 1.54) is 5.56 Å². The molecule has 0 amide bonds. The summed E-state index contributed by atoms with van der Waals surface area (Å²) < 4.78 is 10.3. The second-order valence-corrected chi connectivity index (χ2v) is 3.39. The van der Waals surface area contributed by atoms with Crippen molar-refractivity contribution in [3.05, 3.63) is 45.8 Å². The van der Waals surface area contributed by atoms with Gasteiger partial charge in [0.05, 0.1) is 12.6 Å². The van der Waals surface area contributed by atoms with Crippen LogP contribution in [0.4, 0.5) is 0 Å². The molecule has 0 saturated carbocycles. The first-order valence-corrected chi connectivity index (χ1v) is 4.96. The van der Waals surface area contributed by atoms with Gasteiger partial charge in [-0.1, -0.05) is 34.9 Å². The molecule has 1 rings (SSSR count). The number of aryl methyl sites for hydroxylation is 1. The molecule has 5 heteroatoms. The predicted molar refractivity (Wildman–Crippen MR) is 60.9 cm³/mol. The average Bonchev–Trinajstić information content (AvgIpc) is 2.31. The number of azide groups is 1. The highest BCUT2D eigenvalue weighted by Gasteiger charge is 2.10. The summed E-state index contributed by atoms with van der Waals surface area (Å²) in [6.45, 7) is 2.46. The Bertz CT molecular complexity index is 358. The smallest absolute Gasteiger partial charge is 0.147 e. The molecule has 0 aromatic heterocycles. The molecule has 0 heterocycles. The van der Waals surface area contributed by atoms with E-state index in [1.54, 1.807) is 7.11 Å². The second kappa shape index (κ2) is 6.85. The Kier molecular flexibility index (Phi) is 5.36. The Morgan fingerprint density at radius 2 is 2.06 bits per heavy atom. The minimum atomic E-state index is -0.253. The Morgan fingerprint density at radius 1 is 1.38 bits per heavy atom. The largest absolute Gasteiger partial charge is 0.359 e. The minimum Gasteiger partial charge on any atom is -0.359 e. The zero-order chi connectivity index (χ0) is 11.8. The molecule has 0 spiro atoms. The second-order valence-electron chi connectivity index (χ2n) is 3.39. The first-order chi connectivity index (χ1) is 7.77. The lowest BCUT2D eigenvalue weighted by atomic mass is 10.1. The number of hydrogen-bond acceptors (Lipinski definition) is 3. The van der Waals surface area contributed by atoms with Crippen molar-refractivity contribution < 1.29 is 9.47 Å². The van der Waals surface area contributed by atoms with Gasteiger partial charge in [-0.2, -0.15) is 0 Å². The molecule has 0 aliphatic heterocycles. The fourth-order valence-electron chi connectivity index (χ4n) is 1.30. The van der Waals surface area contributed by atoms with Gasteiger partial charge in [-0.25, -0.2) is 0 Å². The van der Waals surface area contributed by atoms with Crippen LogP contribution in [0.25, 0.3) is 10.4 Å². The van der Waals surface area contributed by atoms with E-state index in [0.717, 1.165) is 5.56 Å². The molecule has 86 valence electrons. The van der Waals surface area contributed by atoms with Crippen LogP contribution in [0.3, 0.4) is 0 Å². The Hall–Kier alpha value is -1.55. The Morgan fingerprint density at radius 3 is 2.62 bits per heavy atom. The standard InChI is InChI=1S/C11H15N3O2/c1-9-3-5-10(6-4-9)11(7-13-14-12)16-8-15-2/h3-6,11H,7-8H2,1-2H3/t11-/m1/s1. The van der Waals surface area contributed by atoms with Gasteiger partial charge in [-0.05, 0) is 18.0 Å². The molecule has 5 nitrogen and oxygen atoms in total. The number of rotatable bonds is 6. The van der Waals surface area contributed by atoms with Crippen molar-refractivity contribution in [2.75, 3.05) is 20.4 Å². The van der Waals surface area contributed by atoms with Crippen LogP contribution in [0.5, 0.6) is 0 Å². The maximum Gasteiger partial charge on any atom is 0.147 e. The van der Waals surface area contributed by atoms with Crippen LogP contribution in [0.2, 0.25) is 0 Å². The fraction of sp³-hybridized carbons (Fsp3) is 0.455. The molecule has 0 aliphatic carbocycles. The molecule has 16 heavy (non-hydrogen) atoms. The first-order valence-electron chi connectivity index (χ1n) is 4.96. The third-order valence-corrected chi connectivity index (χ3v) is 2.15. The molecule has 0 aliphatic rings. The number of methoxy groups -OCH3 is 1. The molecule has 0 saturated heterocycles. The van der Waals surface area contributed by atoms with E-state index >= 15 is 0 Å². The number of hydrogen-bond donors (Lipinski definition) is 0. The zero-order valence-electron chi connectivity index (χ0n) is 9.46. The summed E-state index contributed by atoms with van der Waals surface area (Å²) in [4.78, 5) is 2.73. The molecule has 0 N–H and O–H groups in total. The average molecular weight is 221 g/mol. The molecule has 1 aromatic carbocycles. The van der Waals surface area contributed by atoms with Crippen LogP contribution in [-0.2, 0) is 9.47 Å². The van der Waals surface area contributed by atoms with E-state index in [4.69, 9.17) is 15.0 Å². The van der Waals surface area contributed by atoms with Crippen molar-refractivity contribution in [3.8, 4) is 0 Å². The van der Waals surface area contributed by atoms with E-state index in [0.29, 0.717) is 0 Å². The van der Waals surface area contributed by atoms with Gasteiger partial charge < -0.3 is 9.47 Å². The lowest BCUT2D eigenvalue weighted by molar-refractivity contribution is -0.0697. The summed E-state index contributed by atoms with van der Waals surface area (Å²) in [5.74, 6) is 0. The van der Waals surface area contributed by atoms with E-state index in [1.807, 2.05) is 31.2 Å². The minimum absolute atomic E-state index is 0.180. The van der Waals surface area contributed by atoms with Crippen LogP contribution in [0.15, 0.2) is 29.4 Å². The topological polar surface area (TPSA) is 67.2 Å².